The summed E-state index contributed by atoms with van der Waals surface area (Å²) in [6.07, 6.45) is 0. The van der Waals surface area contributed by atoms with E-state index in [4.69, 9.17) is 16.6 Å². The van der Waals surface area contributed by atoms with Crippen molar-refractivity contribution in [2.24, 2.45) is 0 Å². The molecule has 0 saturated carbocycles. The highest BCUT2D eigenvalue weighted by molar-refractivity contribution is 14.1. The van der Waals surface area contributed by atoms with Gasteiger partial charge in [-0.1, -0.05) is 44.5 Å². The molecule has 0 fully saturated rings. The third-order valence-electron chi connectivity index (χ3n) is 2.99. The average Bonchev–Trinajstić information content (AvgIpc) is 2.40. The van der Waals surface area contributed by atoms with Crippen molar-refractivity contribution in [2.45, 2.75) is 33.1 Å². The normalized spacial score (nSPS) is 11.5. The number of hydrogen-bond donors (Lipinski definition) is 1. The Bertz CT molecular complexity index is 650. The summed E-state index contributed by atoms with van der Waals surface area (Å²) in [5.74, 6) is 1.59. The Morgan fingerprint density at radius 2 is 1.95 bits per heavy atom. The van der Waals surface area contributed by atoms with Crippen LogP contribution in [-0.2, 0) is 5.41 Å². The number of aromatic nitrogens is 2. The minimum absolute atomic E-state index is 0.0447. The summed E-state index contributed by atoms with van der Waals surface area (Å²) in [5.41, 5.74) is 1.93. The summed E-state index contributed by atoms with van der Waals surface area (Å²) < 4.78 is 1.08. The maximum absolute atomic E-state index is 6.08. The molecule has 0 amide bonds. The fraction of sp³-hybridized carbons (Fsp3) is 0.375. The van der Waals surface area contributed by atoms with Crippen molar-refractivity contribution in [1.82, 2.24) is 9.97 Å². The second-order valence-electron chi connectivity index (χ2n) is 5.85. The van der Waals surface area contributed by atoms with Crippen LogP contribution in [0, 0.1) is 3.57 Å². The Kier molecular flexibility index (Phi) is 5.09. The van der Waals surface area contributed by atoms with E-state index in [0.717, 1.165) is 27.2 Å². The van der Waals surface area contributed by atoms with Gasteiger partial charge in [0.05, 0.1) is 9.26 Å². The van der Waals surface area contributed by atoms with Crippen LogP contribution in [0.1, 0.15) is 33.4 Å². The molecule has 3 nitrogen and oxygen atoms in total. The minimum Gasteiger partial charge on any atom is -0.369 e. The van der Waals surface area contributed by atoms with E-state index in [1.807, 2.05) is 24.3 Å². The lowest BCUT2D eigenvalue weighted by molar-refractivity contribution is 0.564. The van der Waals surface area contributed by atoms with Gasteiger partial charge in [0.1, 0.15) is 5.82 Å². The molecule has 0 unspecified atom stereocenters. The van der Waals surface area contributed by atoms with E-state index in [0.29, 0.717) is 10.8 Å². The molecular weight excluding hydrogens is 397 g/mol. The van der Waals surface area contributed by atoms with Gasteiger partial charge < -0.3 is 5.32 Å². The molecule has 21 heavy (non-hydrogen) atoms. The molecule has 0 atom stereocenters. The molecule has 0 saturated heterocycles. The molecule has 1 aromatic carbocycles. The largest absolute Gasteiger partial charge is 0.369 e. The number of halogens is 2. The van der Waals surface area contributed by atoms with Gasteiger partial charge in [0, 0.05) is 22.5 Å². The van der Waals surface area contributed by atoms with Crippen LogP contribution in [0.25, 0.3) is 11.4 Å². The van der Waals surface area contributed by atoms with Gasteiger partial charge in [-0.25, -0.2) is 9.97 Å². The van der Waals surface area contributed by atoms with Gasteiger partial charge in [0.25, 0.3) is 0 Å². The first-order valence-corrected chi connectivity index (χ1v) is 8.36. The predicted molar refractivity (Wildman–Crippen MR) is 98.1 cm³/mol. The highest BCUT2D eigenvalue weighted by Gasteiger charge is 2.23. The molecule has 2 rings (SSSR count). The standard InChI is InChI=1S/C16H19ClIN3/c1-5-19-15-12(18)13(16(2,3)4)20-14(21-15)10-7-6-8-11(17)9-10/h6-9H,5H2,1-4H3,(H,19,20,21). The van der Waals surface area contributed by atoms with Crippen LogP contribution in [0.4, 0.5) is 5.82 Å². The van der Waals surface area contributed by atoms with Gasteiger partial charge in [-0.15, -0.1) is 0 Å². The SMILES string of the molecule is CCNc1nc(-c2cccc(Cl)c2)nc(C(C)(C)C)c1I. The van der Waals surface area contributed by atoms with E-state index in [1.165, 1.54) is 0 Å². The Morgan fingerprint density at radius 1 is 1.24 bits per heavy atom. The molecule has 0 aliphatic carbocycles. The quantitative estimate of drug-likeness (QED) is 0.706. The number of nitrogens with one attached hydrogen (secondary N) is 1. The predicted octanol–water partition coefficient (Wildman–Crippen LogP) is 5.13. The number of anilines is 1. The number of hydrogen-bond acceptors (Lipinski definition) is 3. The number of rotatable bonds is 3. The summed E-state index contributed by atoms with van der Waals surface area (Å²) >= 11 is 8.40. The molecule has 0 aliphatic heterocycles. The van der Waals surface area contributed by atoms with Crippen LogP contribution in [0.3, 0.4) is 0 Å². The van der Waals surface area contributed by atoms with Crippen molar-refractivity contribution in [1.29, 1.82) is 0 Å². The zero-order chi connectivity index (χ0) is 15.6. The third-order valence-corrected chi connectivity index (χ3v) is 4.25. The smallest absolute Gasteiger partial charge is 0.161 e. The van der Waals surface area contributed by atoms with E-state index < -0.39 is 0 Å². The summed E-state index contributed by atoms with van der Waals surface area (Å²) in [6, 6.07) is 7.65. The van der Waals surface area contributed by atoms with Gasteiger partial charge in [-0.05, 0) is 41.6 Å². The maximum atomic E-state index is 6.08. The lowest BCUT2D eigenvalue weighted by Crippen LogP contribution is -2.19. The summed E-state index contributed by atoms with van der Waals surface area (Å²) in [5, 5.41) is 4.01. The number of nitrogens with zero attached hydrogens (tertiary/aromatic N) is 2. The van der Waals surface area contributed by atoms with Gasteiger partial charge in [0.15, 0.2) is 5.82 Å². The van der Waals surface area contributed by atoms with Gasteiger partial charge in [-0.3, -0.25) is 0 Å². The second-order valence-corrected chi connectivity index (χ2v) is 7.36. The Labute approximate surface area is 144 Å². The van der Waals surface area contributed by atoms with Crippen LogP contribution in [0.15, 0.2) is 24.3 Å². The zero-order valence-corrected chi connectivity index (χ0v) is 15.6. The molecular formula is C16H19ClIN3. The fourth-order valence-corrected chi connectivity index (χ4v) is 3.42. The van der Waals surface area contributed by atoms with Crippen molar-refractivity contribution in [3.05, 3.63) is 38.6 Å². The average molecular weight is 416 g/mol. The summed E-state index contributed by atoms with van der Waals surface area (Å²) in [6.45, 7) is 9.37. The number of benzene rings is 1. The third kappa shape index (κ3) is 3.86. The van der Waals surface area contributed by atoms with E-state index in [-0.39, 0.29) is 5.41 Å². The summed E-state index contributed by atoms with van der Waals surface area (Å²) in [4.78, 5) is 9.44. The first-order chi connectivity index (χ1) is 9.82. The van der Waals surface area contributed by atoms with Gasteiger partial charge in [0.2, 0.25) is 0 Å². The van der Waals surface area contributed by atoms with Gasteiger partial charge in [-0.2, -0.15) is 0 Å². The van der Waals surface area contributed by atoms with Crippen LogP contribution in [-0.4, -0.2) is 16.5 Å². The lowest BCUT2D eigenvalue weighted by atomic mass is 9.91. The Hall–Kier alpha value is -0.880. The molecule has 1 heterocycles. The van der Waals surface area contributed by atoms with Crippen LogP contribution in [0.5, 0.6) is 0 Å². The first kappa shape index (κ1) is 16.5. The van der Waals surface area contributed by atoms with Crippen molar-refractivity contribution >= 4 is 40.0 Å². The van der Waals surface area contributed by atoms with Crippen molar-refractivity contribution in [2.75, 3.05) is 11.9 Å². The molecule has 5 heteroatoms. The van der Waals surface area contributed by atoms with E-state index in [1.54, 1.807) is 0 Å². The monoisotopic (exact) mass is 415 g/mol. The van der Waals surface area contributed by atoms with Crippen LogP contribution in [0.2, 0.25) is 5.02 Å². The molecule has 1 N–H and O–H groups in total. The molecule has 112 valence electrons. The van der Waals surface area contributed by atoms with E-state index in [2.05, 4.69) is 60.6 Å². The fourth-order valence-electron chi connectivity index (χ4n) is 1.99. The van der Waals surface area contributed by atoms with Gasteiger partial charge >= 0.3 is 0 Å². The van der Waals surface area contributed by atoms with Crippen molar-refractivity contribution in [3.8, 4) is 11.4 Å². The molecule has 1 aromatic heterocycles. The summed E-state index contributed by atoms with van der Waals surface area (Å²) in [7, 11) is 0. The lowest BCUT2D eigenvalue weighted by Gasteiger charge is -2.22. The second kappa shape index (κ2) is 6.48. The van der Waals surface area contributed by atoms with E-state index >= 15 is 0 Å². The Balaban J connectivity index is 2.64. The topological polar surface area (TPSA) is 37.8 Å². The molecule has 2 aromatic rings. The Morgan fingerprint density at radius 3 is 2.52 bits per heavy atom. The molecule has 0 bridgehead atoms. The van der Waals surface area contributed by atoms with Crippen LogP contribution < -0.4 is 5.32 Å². The minimum atomic E-state index is -0.0447. The zero-order valence-electron chi connectivity index (χ0n) is 12.7. The van der Waals surface area contributed by atoms with E-state index in [9.17, 15) is 0 Å². The van der Waals surface area contributed by atoms with Crippen LogP contribution >= 0.6 is 34.2 Å². The van der Waals surface area contributed by atoms with Crippen molar-refractivity contribution < 1.29 is 0 Å². The highest BCUT2D eigenvalue weighted by atomic mass is 127. The molecule has 0 radical (unpaired) electrons. The maximum Gasteiger partial charge on any atom is 0.161 e. The highest BCUT2D eigenvalue weighted by Crippen LogP contribution is 2.32. The first-order valence-electron chi connectivity index (χ1n) is 6.90. The molecule has 0 spiro atoms. The van der Waals surface area contributed by atoms with Crippen molar-refractivity contribution in [3.63, 3.8) is 0 Å². The molecule has 0 aliphatic rings.